The molecule has 0 unspecified atom stereocenters. The molecule has 0 aliphatic carbocycles. The lowest BCUT2D eigenvalue weighted by Crippen LogP contribution is -2.21. The van der Waals surface area contributed by atoms with Crippen LogP contribution in [0.3, 0.4) is 0 Å². The molecule has 1 N–H and O–H groups in total. The van der Waals surface area contributed by atoms with Crippen LogP contribution in [0.2, 0.25) is 0 Å². The topological polar surface area (TPSA) is 84.5 Å². The Morgan fingerprint density at radius 3 is 2.58 bits per heavy atom. The number of nitrogens with zero attached hydrogens (tertiary/aromatic N) is 2. The summed E-state index contributed by atoms with van der Waals surface area (Å²) in [5.74, 6) is 0.250. The number of H-pyrrole nitrogens is 1. The van der Waals surface area contributed by atoms with E-state index in [1.54, 1.807) is 6.92 Å². The number of ether oxygens (including phenoxy) is 2. The summed E-state index contributed by atoms with van der Waals surface area (Å²) in [6, 6.07) is 5.61. The first-order chi connectivity index (χ1) is 11.5. The van der Waals surface area contributed by atoms with Crippen LogP contribution >= 0.6 is 0 Å². The third-order valence-corrected chi connectivity index (χ3v) is 3.33. The summed E-state index contributed by atoms with van der Waals surface area (Å²) >= 11 is 0. The minimum absolute atomic E-state index is 0.123. The summed E-state index contributed by atoms with van der Waals surface area (Å²) in [6.07, 6.45) is 1.23. The standard InChI is InChI=1S/C17H21N3O4/c1-5-23-14-8-7-11(20(3)4)9-12(14)15-18-10-13(16(21)19-15)17(22)24-6-2/h7-10H,5-6H2,1-4H3,(H,18,19,21). The molecule has 7 nitrogen and oxygen atoms in total. The van der Waals surface area contributed by atoms with Crippen molar-refractivity contribution in [1.82, 2.24) is 9.97 Å². The number of carbonyl (C=O) groups excluding carboxylic acids is 1. The molecule has 1 aromatic carbocycles. The fourth-order valence-electron chi connectivity index (χ4n) is 2.15. The lowest BCUT2D eigenvalue weighted by Gasteiger charge is -2.16. The molecule has 2 rings (SSSR count). The SMILES string of the molecule is CCOC(=O)c1cnc(-c2cc(N(C)C)ccc2OCC)[nH]c1=O. The largest absolute Gasteiger partial charge is 0.493 e. The quantitative estimate of drug-likeness (QED) is 0.816. The van der Waals surface area contributed by atoms with Crippen LogP contribution in [0.15, 0.2) is 29.2 Å². The van der Waals surface area contributed by atoms with Gasteiger partial charge in [0.2, 0.25) is 0 Å². The molecule has 1 heterocycles. The minimum Gasteiger partial charge on any atom is -0.493 e. The van der Waals surface area contributed by atoms with E-state index in [1.807, 2.05) is 44.1 Å². The molecule has 0 aliphatic rings. The number of hydrogen-bond donors (Lipinski definition) is 1. The van der Waals surface area contributed by atoms with Crippen molar-refractivity contribution in [3.63, 3.8) is 0 Å². The van der Waals surface area contributed by atoms with Crippen molar-refractivity contribution in [3.8, 4) is 17.1 Å². The van der Waals surface area contributed by atoms with E-state index in [9.17, 15) is 9.59 Å². The predicted molar refractivity (Wildman–Crippen MR) is 91.7 cm³/mol. The molecule has 2 aromatic rings. The van der Waals surface area contributed by atoms with Crippen molar-refractivity contribution in [2.45, 2.75) is 13.8 Å². The second-order valence-corrected chi connectivity index (χ2v) is 5.20. The molecule has 0 spiro atoms. The molecule has 128 valence electrons. The number of esters is 1. The zero-order valence-electron chi connectivity index (χ0n) is 14.3. The van der Waals surface area contributed by atoms with Crippen LogP contribution in [0.1, 0.15) is 24.2 Å². The zero-order valence-corrected chi connectivity index (χ0v) is 14.3. The Labute approximate surface area is 140 Å². The Bertz CT molecular complexity index is 784. The Hall–Kier alpha value is -2.83. The van der Waals surface area contributed by atoms with Gasteiger partial charge in [-0.3, -0.25) is 4.79 Å². The van der Waals surface area contributed by atoms with E-state index in [-0.39, 0.29) is 12.2 Å². The van der Waals surface area contributed by atoms with Crippen molar-refractivity contribution in [1.29, 1.82) is 0 Å². The van der Waals surface area contributed by atoms with E-state index < -0.39 is 11.5 Å². The molecule has 0 saturated heterocycles. The number of aromatic amines is 1. The Kier molecular flexibility index (Phi) is 5.57. The Morgan fingerprint density at radius 2 is 2.00 bits per heavy atom. The molecule has 0 bridgehead atoms. The number of benzene rings is 1. The zero-order chi connectivity index (χ0) is 17.7. The van der Waals surface area contributed by atoms with E-state index in [2.05, 4.69) is 9.97 Å². The Balaban J connectivity index is 2.50. The maximum absolute atomic E-state index is 12.2. The molecular formula is C17H21N3O4. The van der Waals surface area contributed by atoms with Gasteiger partial charge in [0.25, 0.3) is 5.56 Å². The van der Waals surface area contributed by atoms with Gasteiger partial charge in [-0.2, -0.15) is 0 Å². The molecule has 0 atom stereocenters. The first-order valence-electron chi connectivity index (χ1n) is 7.68. The van der Waals surface area contributed by atoms with Gasteiger partial charge < -0.3 is 19.4 Å². The van der Waals surface area contributed by atoms with Crippen LogP contribution in [0.4, 0.5) is 5.69 Å². The molecule has 24 heavy (non-hydrogen) atoms. The highest BCUT2D eigenvalue weighted by atomic mass is 16.5. The lowest BCUT2D eigenvalue weighted by molar-refractivity contribution is 0.0524. The van der Waals surface area contributed by atoms with E-state index >= 15 is 0 Å². The molecule has 1 aromatic heterocycles. The van der Waals surface area contributed by atoms with Crippen molar-refractivity contribution in [3.05, 3.63) is 40.3 Å². The Morgan fingerprint density at radius 1 is 1.25 bits per heavy atom. The van der Waals surface area contributed by atoms with Crippen molar-refractivity contribution in [2.75, 3.05) is 32.2 Å². The maximum atomic E-state index is 12.2. The van der Waals surface area contributed by atoms with Gasteiger partial charge >= 0.3 is 5.97 Å². The van der Waals surface area contributed by atoms with Crippen LogP contribution < -0.4 is 15.2 Å². The highest BCUT2D eigenvalue weighted by Gasteiger charge is 2.16. The number of rotatable bonds is 6. The minimum atomic E-state index is -0.690. The summed E-state index contributed by atoms with van der Waals surface area (Å²) in [5.41, 5.74) is 0.916. The second kappa shape index (κ2) is 7.63. The number of nitrogens with one attached hydrogen (secondary N) is 1. The predicted octanol–water partition coefficient (Wildman–Crippen LogP) is 2.08. The molecule has 7 heteroatoms. The highest BCUT2D eigenvalue weighted by Crippen LogP contribution is 2.31. The normalized spacial score (nSPS) is 10.3. The highest BCUT2D eigenvalue weighted by molar-refractivity contribution is 5.88. The molecular weight excluding hydrogens is 310 g/mol. The van der Waals surface area contributed by atoms with Gasteiger partial charge in [-0.25, -0.2) is 9.78 Å². The third kappa shape index (κ3) is 3.73. The van der Waals surface area contributed by atoms with Gasteiger partial charge in [0.1, 0.15) is 17.1 Å². The summed E-state index contributed by atoms with van der Waals surface area (Å²) in [7, 11) is 3.83. The molecule has 0 fully saturated rings. The van der Waals surface area contributed by atoms with Crippen LogP contribution in [-0.2, 0) is 4.74 Å². The first kappa shape index (κ1) is 17.5. The van der Waals surface area contributed by atoms with Gasteiger partial charge in [0.05, 0.1) is 18.8 Å². The summed E-state index contributed by atoms with van der Waals surface area (Å²) < 4.78 is 10.4. The number of aromatic nitrogens is 2. The molecule has 0 amide bonds. The fraction of sp³-hybridized carbons (Fsp3) is 0.353. The van der Waals surface area contributed by atoms with Crippen molar-refractivity contribution >= 4 is 11.7 Å². The number of hydrogen-bond acceptors (Lipinski definition) is 6. The molecule has 0 radical (unpaired) electrons. The first-order valence-corrected chi connectivity index (χ1v) is 7.68. The summed E-state index contributed by atoms with van der Waals surface area (Å²) in [5, 5.41) is 0. The van der Waals surface area contributed by atoms with Gasteiger partial charge in [0.15, 0.2) is 0 Å². The average molecular weight is 331 g/mol. The van der Waals surface area contributed by atoms with Gasteiger partial charge in [-0.1, -0.05) is 0 Å². The van der Waals surface area contributed by atoms with E-state index in [0.29, 0.717) is 23.7 Å². The smallest absolute Gasteiger partial charge is 0.345 e. The van der Waals surface area contributed by atoms with Gasteiger partial charge in [-0.15, -0.1) is 0 Å². The number of carbonyl (C=O) groups is 1. The van der Waals surface area contributed by atoms with Crippen LogP contribution in [0, 0.1) is 0 Å². The van der Waals surface area contributed by atoms with E-state index in [4.69, 9.17) is 9.47 Å². The van der Waals surface area contributed by atoms with E-state index in [1.165, 1.54) is 6.20 Å². The number of anilines is 1. The van der Waals surface area contributed by atoms with E-state index in [0.717, 1.165) is 5.69 Å². The maximum Gasteiger partial charge on any atom is 0.345 e. The van der Waals surface area contributed by atoms with Crippen LogP contribution in [-0.4, -0.2) is 43.2 Å². The van der Waals surface area contributed by atoms with Crippen LogP contribution in [0.5, 0.6) is 5.75 Å². The van der Waals surface area contributed by atoms with Crippen molar-refractivity contribution in [2.24, 2.45) is 0 Å². The summed E-state index contributed by atoms with van der Waals surface area (Å²) in [4.78, 5) is 32.6. The van der Waals surface area contributed by atoms with Crippen molar-refractivity contribution < 1.29 is 14.3 Å². The van der Waals surface area contributed by atoms with Crippen LogP contribution in [0.25, 0.3) is 11.4 Å². The second-order valence-electron chi connectivity index (χ2n) is 5.20. The third-order valence-electron chi connectivity index (χ3n) is 3.33. The lowest BCUT2D eigenvalue weighted by atomic mass is 10.1. The molecule has 0 saturated carbocycles. The van der Waals surface area contributed by atoms with Gasteiger partial charge in [0, 0.05) is 26.0 Å². The monoisotopic (exact) mass is 331 g/mol. The van der Waals surface area contributed by atoms with Gasteiger partial charge in [-0.05, 0) is 32.0 Å². The fourth-order valence-corrected chi connectivity index (χ4v) is 2.15. The average Bonchev–Trinajstić information content (AvgIpc) is 2.55. The molecule has 0 aliphatic heterocycles. The summed E-state index contributed by atoms with van der Waals surface area (Å²) in [6.45, 7) is 4.23.